The molecule has 42 heavy (non-hydrogen) atoms. The number of rotatable bonds is 10. The number of halogens is 2. The van der Waals surface area contributed by atoms with Gasteiger partial charge >= 0.3 is 0 Å². The van der Waals surface area contributed by atoms with E-state index in [1.165, 1.54) is 53.3 Å². The molecule has 2 amide bonds. The van der Waals surface area contributed by atoms with E-state index in [2.05, 4.69) is 30.8 Å². The minimum atomic E-state index is -0.764. The number of ether oxygens (including phenoxy) is 2. The molecule has 0 spiro atoms. The van der Waals surface area contributed by atoms with Gasteiger partial charge in [-0.3, -0.25) is 14.5 Å². The number of nitrogens with zero attached hydrogens (tertiary/aromatic N) is 5. The summed E-state index contributed by atoms with van der Waals surface area (Å²) in [5.74, 6) is -2.26. The van der Waals surface area contributed by atoms with E-state index in [0.717, 1.165) is 32.1 Å². The summed E-state index contributed by atoms with van der Waals surface area (Å²) >= 11 is 0. The van der Waals surface area contributed by atoms with Gasteiger partial charge in [0.05, 0.1) is 24.6 Å². The molecule has 13 heteroatoms. The number of hydrogen-bond acceptors (Lipinski definition) is 8. The first kappa shape index (κ1) is 28.8. The highest BCUT2D eigenvalue weighted by atomic mass is 19.1. The Morgan fingerprint density at radius 2 is 1.79 bits per heavy atom. The number of morpholine rings is 1. The summed E-state index contributed by atoms with van der Waals surface area (Å²) in [6, 6.07) is 12.6. The lowest BCUT2D eigenvalue weighted by molar-refractivity contribution is 0.0374. The molecule has 1 aliphatic rings. The van der Waals surface area contributed by atoms with E-state index >= 15 is 4.39 Å². The van der Waals surface area contributed by atoms with Crippen LogP contribution in [0.3, 0.4) is 0 Å². The Balaban J connectivity index is 1.20. The predicted molar refractivity (Wildman–Crippen MR) is 149 cm³/mol. The highest BCUT2D eigenvalue weighted by Crippen LogP contribution is 2.28. The van der Waals surface area contributed by atoms with Crippen molar-refractivity contribution >= 4 is 17.5 Å². The molecule has 2 aromatic carbocycles. The lowest BCUT2D eigenvalue weighted by atomic mass is 10.2. The monoisotopic (exact) mass is 577 g/mol. The molecule has 11 nitrogen and oxygen atoms in total. The topological polar surface area (TPSA) is 124 Å². The van der Waals surface area contributed by atoms with Crippen LogP contribution in [0.5, 0.6) is 11.5 Å². The van der Waals surface area contributed by atoms with Crippen molar-refractivity contribution < 1.29 is 27.8 Å². The van der Waals surface area contributed by atoms with Crippen molar-refractivity contribution in [3.8, 4) is 17.2 Å². The second kappa shape index (κ2) is 13.3. The highest BCUT2D eigenvalue weighted by Gasteiger charge is 2.20. The van der Waals surface area contributed by atoms with Gasteiger partial charge in [0.25, 0.3) is 11.8 Å². The Labute approximate surface area is 240 Å². The van der Waals surface area contributed by atoms with Crippen molar-refractivity contribution in [1.82, 2.24) is 30.2 Å². The molecule has 0 unspecified atom stereocenters. The maximum Gasteiger partial charge on any atom is 0.278 e. The lowest BCUT2D eigenvalue weighted by Crippen LogP contribution is -2.38. The van der Waals surface area contributed by atoms with Gasteiger partial charge in [0.1, 0.15) is 5.82 Å². The highest BCUT2D eigenvalue weighted by molar-refractivity contribution is 6.03. The number of carbonyl (C=O) groups excluding carboxylic acids is 2. The van der Waals surface area contributed by atoms with Crippen molar-refractivity contribution in [3.05, 3.63) is 89.5 Å². The van der Waals surface area contributed by atoms with Crippen molar-refractivity contribution in [1.29, 1.82) is 0 Å². The van der Waals surface area contributed by atoms with Crippen LogP contribution in [0.25, 0.3) is 5.69 Å². The smallest absolute Gasteiger partial charge is 0.278 e. The van der Waals surface area contributed by atoms with Crippen LogP contribution in [0.15, 0.2) is 60.8 Å². The molecule has 3 heterocycles. The Morgan fingerprint density at radius 3 is 2.55 bits per heavy atom. The largest absolute Gasteiger partial charge is 0.452 e. The Hall–Kier alpha value is -4.75. The summed E-state index contributed by atoms with van der Waals surface area (Å²) in [6.45, 7) is 6.11. The molecule has 2 aromatic heterocycles. The van der Waals surface area contributed by atoms with Crippen molar-refractivity contribution in [2.45, 2.75) is 13.3 Å². The average Bonchev–Trinajstić information content (AvgIpc) is 3.39. The van der Waals surface area contributed by atoms with Gasteiger partial charge in [0.15, 0.2) is 28.7 Å². The summed E-state index contributed by atoms with van der Waals surface area (Å²) in [5, 5.41) is 13.3. The maximum atomic E-state index is 15.0. The number of benzene rings is 2. The molecule has 0 aliphatic carbocycles. The number of anilines is 1. The summed E-state index contributed by atoms with van der Waals surface area (Å²) in [5.41, 5.74) is 1.16. The van der Waals surface area contributed by atoms with Gasteiger partial charge in [0.2, 0.25) is 0 Å². The first-order valence-corrected chi connectivity index (χ1v) is 13.4. The third kappa shape index (κ3) is 6.93. The van der Waals surface area contributed by atoms with Crippen LogP contribution < -0.4 is 15.4 Å². The van der Waals surface area contributed by atoms with Gasteiger partial charge in [-0.25, -0.2) is 18.4 Å². The van der Waals surface area contributed by atoms with Crippen LogP contribution >= 0.6 is 0 Å². The van der Waals surface area contributed by atoms with E-state index in [4.69, 9.17) is 9.47 Å². The van der Waals surface area contributed by atoms with E-state index in [1.54, 1.807) is 13.0 Å². The number of pyridine rings is 1. The Kier molecular flexibility index (Phi) is 9.09. The fourth-order valence-corrected chi connectivity index (χ4v) is 4.39. The lowest BCUT2D eigenvalue weighted by Gasteiger charge is -2.26. The second-order valence-electron chi connectivity index (χ2n) is 9.53. The van der Waals surface area contributed by atoms with Crippen molar-refractivity contribution in [2.75, 3.05) is 44.7 Å². The minimum Gasteiger partial charge on any atom is -0.452 e. The van der Waals surface area contributed by atoms with E-state index in [0.29, 0.717) is 31.1 Å². The van der Waals surface area contributed by atoms with Gasteiger partial charge in [-0.2, -0.15) is 0 Å². The Morgan fingerprint density at radius 1 is 1.00 bits per heavy atom. The summed E-state index contributed by atoms with van der Waals surface area (Å²) < 4.78 is 40.7. The fourth-order valence-electron chi connectivity index (χ4n) is 4.39. The zero-order valence-electron chi connectivity index (χ0n) is 22.8. The van der Waals surface area contributed by atoms with Gasteiger partial charge in [-0.05, 0) is 68.4 Å². The molecular formula is C29H29F2N7O4. The van der Waals surface area contributed by atoms with Crippen molar-refractivity contribution in [2.24, 2.45) is 0 Å². The number of amides is 2. The summed E-state index contributed by atoms with van der Waals surface area (Å²) in [6.07, 6.45) is 2.22. The fraction of sp³-hybridized carbons (Fsp3) is 0.276. The molecular weight excluding hydrogens is 548 g/mol. The van der Waals surface area contributed by atoms with E-state index in [-0.39, 0.29) is 28.6 Å². The SMILES string of the molecule is Cc1c(C(=O)Nc2ccc(Oc3cccnc3C(=O)NCCCN3CCOCC3)c(F)c2)nnn1-c1ccc(F)cc1. The predicted octanol–water partition coefficient (Wildman–Crippen LogP) is 3.75. The molecule has 218 valence electrons. The molecule has 1 aliphatic heterocycles. The molecule has 1 fully saturated rings. The van der Waals surface area contributed by atoms with Crippen molar-refractivity contribution in [3.63, 3.8) is 0 Å². The number of hydrogen-bond donors (Lipinski definition) is 2. The molecule has 5 rings (SSSR count). The number of nitrogens with one attached hydrogen (secondary N) is 2. The Bertz CT molecular complexity index is 1560. The third-order valence-electron chi connectivity index (χ3n) is 6.62. The average molecular weight is 578 g/mol. The molecule has 1 saturated heterocycles. The van der Waals surface area contributed by atoms with Gasteiger partial charge < -0.3 is 20.1 Å². The van der Waals surface area contributed by atoms with Gasteiger partial charge in [-0.15, -0.1) is 5.10 Å². The normalized spacial score (nSPS) is 13.5. The summed E-state index contributed by atoms with van der Waals surface area (Å²) in [4.78, 5) is 32.0. The van der Waals surface area contributed by atoms with Gasteiger partial charge in [0, 0.05) is 37.6 Å². The molecule has 0 saturated carbocycles. The molecule has 0 radical (unpaired) electrons. The first-order valence-electron chi connectivity index (χ1n) is 13.4. The van der Waals surface area contributed by atoms with Crippen LogP contribution in [0, 0.1) is 18.6 Å². The van der Waals surface area contributed by atoms with E-state index < -0.39 is 23.4 Å². The number of aromatic nitrogens is 4. The molecule has 0 atom stereocenters. The molecule has 4 aromatic rings. The van der Waals surface area contributed by atoms with Gasteiger partial charge in [-0.1, -0.05) is 5.21 Å². The second-order valence-corrected chi connectivity index (χ2v) is 9.53. The molecule has 2 N–H and O–H groups in total. The third-order valence-corrected chi connectivity index (χ3v) is 6.62. The maximum absolute atomic E-state index is 15.0. The summed E-state index contributed by atoms with van der Waals surface area (Å²) in [7, 11) is 0. The van der Waals surface area contributed by atoms with Crippen LogP contribution in [0.2, 0.25) is 0 Å². The first-order chi connectivity index (χ1) is 20.4. The quantitative estimate of drug-likeness (QED) is 0.273. The zero-order valence-corrected chi connectivity index (χ0v) is 22.8. The standard InChI is InChI=1S/C29H29F2N7O4/c1-19-26(35-36-38(19)22-8-5-20(30)6-9-22)29(40)34-21-7-10-24(23(31)18-21)42-25-4-2-11-32-27(25)28(39)33-12-3-13-37-14-16-41-17-15-37/h2,4-11,18H,3,12-17H2,1H3,(H,33,39)(H,34,40). The number of carbonyl (C=O) groups is 2. The van der Waals surface area contributed by atoms with Crippen LogP contribution in [0.4, 0.5) is 14.5 Å². The van der Waals surface area contributed by atoms with Crippen LogP contribution in [0.1, 0.15) is 33.1 Å². The van der Waals surface area contributed by atoms with Crippen LogP contribution in [-0.2, 0) is 4.74 Å². The molecule has 0 bridgehead atoms. The van der Waals surface area contributed by atoms with E-state index in [9.17, 15) is 14.0 Å². The van der Waals surface area contributed by atoms with Crippen LogP contribution in [-0.4, -0.2) is 76.1 Å². The van der Waals surface area contributed by atoms with E-state index in [1.807, 2.05) is 0 Å². The zero-order chi connectivity index (χ0) is 29.5. The minimum absolute atomic E-state index is 0.0241.